The number of hydrogen-bond donors (Lipinski definition) is 0. The van der Waals surface area contributed by atoms with Crippen molar-refractivity contribution in [3.8, 4) is 0 Å². The molecule has 6 nitrogen and oxygen atoms in total. The summed E-state index contributed by atoms with van der Waals surface area (Å²) in [7, 11) is 0. The van der Waals surface area contributed by atoms with Gasteiger partial charge in [-0.1, -0.05) is 35.3 Å². The highest BCUT2D eigenvalue weighted by molar-refractivity contribution is 7.98. The Kier molecular flexibility index (Phi) is 6.89. The fraction of sp³-hybridized carbons (Fsp3) is 0.174. The van der Waals surface area contributed by atoms with E-state index in [4.69, 9.17) is 32.4 Å². The van der Waals surface area contributed by atoms with E-state index >= 15 is 0 Å². The van der Waals surface area contributed by atoms with Gasteiger partial charge in [0.2, 0.25) is 0 Å². The van der Waals surface area contributed by atoms with Gasteiger partial charge in [0.1, 0.15) is 11.8 Å². The van der Waals surface area contributed by atoms with Gasteiger partial charge in [0.05, 0.1) is 22.6 Å². The van der Waals surface area contributed by atoms with Gasteiger partial charge in [-0.05, 0) is 54.3 Å². The second-order valence-corrected chi connectivity index (χ2v) is 8.67. The van der Waals surface area contributed by atoms with Crippen molar-refractivity contribution >= 4 is 52.6 Å². The van der Waals surface area contributed by atoms with E-state index in [9.17, 15) is 9.59 Å². The van der Waals surface area contributed by atoms with Crippen LogP contribution < -0.4 is 0 Å². The Labute approximate surface area is 199 Å². The Balaban J connectivity index is 1.52. The molecule has 1 aliphatic heterocycles. The van der Waals surface area contributed by atoms with E-state index in [0.29, 0.717) is 22.9 Å². The van der Waals surface area contributed by atoms with Gasteiger partial charge in [0.15, 0.2) is 6.61 Å². The highest BCUT2D eigenvalue weighted by atomic mass is 35.5. The fourth-order valence-electron chi connectivity index (χ4n) is 3.32. The van der Waals surface area contributed by atoms with Crippen LogP contribution in [0.5, 0.6) is 0 Å². The van der Waals surface area contributed by atoms with Crippen molar-refractivity contribution in [2.75, 3.05) is 12.9 Å². The maximum absolute atomic E-state index is 13.0. The molecule has 1 atom stereocenters. The number of thioether (sulfide) groups is 1. The van der Waals surface area contributed by atoms with Crippen molar-refractivity contribution in [1.82, 2.24) is 5.01 Å². The summed E-state index contributed by atoms with van der Waals surface area (Å²) in [5.41, 5.74) is 1.76. The number of amides is 1. The number of rotatable bonds is 6. The van der Waals surface area contributed by atoms with Gasteiger partial charge < -0.3 is 9.15 Å². The Morgan fingerprint density at radius 1 is 1.19 bits per heavy atom. The van der Waals surface area contributed by atoms with Crippen LogP contribution in [0.2, 0.25) is 10.0 Å². The van der Waals surface area contributed by atoms with Gasteiger partial charge in [0, 0.05) is 16.3 Å². The first-order valence-electron chi connectivity index (χ1n) is 9.66. The van der Waals surface area contributed by atoms with Crippen LogP contribution in [0.15, 0.2) is 75.3 Å². The molecule has 0 N–H and O–H groups in total. The Morgan fingerprint density at radius 2 is 1.97 bits per heavy atom. The zero-order valence-electron chi connectivity index (χ0n) is 17.0. The van der Waals surface area contributed by atoms with Crippen molar-refractivity contribution < 1.29 is 18.7 Å². The van der Waals surface area contributed by atoms with Crippen LogP contribution in [0.1, 0.15) is 34.1 Å². The topological polar surface area (TPSA) is 72.1 Å². The van der Waals surface area contributed by atoms with Gasteiger partial charge >= 0.3 is 5.97 Å². The average Bonchev–Trinajstić information content (AvgIpc) is 3.48. The number of carbonyl (C=O) groups is 2. The first-order valence-corrected chi connectivity index (χ1v) is 11.6. The molecule has 0 radical (unpaired) electrons. The summed E-state index contributed by atoms with van der Waals surface area (Å²) in [5.74, 6) is -0.552. The van der Waals surface area contributed by atoms with E-state index in [2.05, 4.69) is 5.10 Å². The van der Waals surface area contributed by atoms with Gasteiger partial charge in [-0.25, -0.2) is 9.80 Å². The Bertz CT molecular complexity index is 1160. The number of carbonyl (C=O) groups excluding carboxylic acids is 2. The van der Waals surface area contributed by atoms with Crippen molar-refractivity contribution in [2.24, 2.45) is 5.10 Å². The molecule has 0 aliphatic carbocycles. The molecular formula is C23H18Cl2N2O4S. The molecule has 32 heavy (non-hydrogen) atoms. The number of benzene rings is 2. The summed E-state index contributed by atoms with van der Waals surface area (Å²) in [6.45, 7) is -0.479. The summed E-state index contributed by atoms with van der Waals surface area (Å²) in [5, 5.41) is 6.67. The highest BCUT2D eigenvalue weighted by Gasteiger charge is 2.35. The molecular weight excluding hydrogens is 471 g/mol. The van der Waals surface area contributed by atoms with Crippen LogP contribution in [0.3, 0.4) is 0 Å². The van der Waals surface area contributed by atoms with Crippen molar-refractivity contribution in [3.05, 3.63) is 87.8 Å². The van der Waals surface area contributed by atoms with Crippen molar-refractivity contribution in [1.29, 1.82) is 0 Å². The van der Waals surface area contributed by atoms with Gasteiger partial charge in [-0.3, -0.25) is 4.79 Å². The lowest BCUT2D eigenvalue weighted by Crippen LogP contribution is -2.31. The normalized spacial score (nSPS) is 15.5. The maximum atomic E-state index is 13.0. The van der Waals surface area contributed by atoms with Crippen LogP contribution in [0.4, 0.5) is 0 Å². The molecule has 9 heteroatoms. The minimum atomic E-state index is -0.671. The molecule has 1 aliphatic rings. The van der Waals surface area contributed by atoms with E-state index in [1.165, 1.54) is 16.8 Å². The quantitative estimate of drug-likeness (QED) is 0.321. The molecule has 0 fully saturated rings. The minimum Gasteiger partial charge on any atom is -0.467 e. The molecule has 1 unspecified atom stereocenters. The van der Waals surface area contributed by atoms with E-state index in [1.807, 2.05) is 18.4 Å². The molecule has 1 aromatic heterocycles. The third-order valence-corrected chi connectivity index (χ3v) is 6.24. The first-order chi connectivity index (χ1) is 15.5. The van der Waals surface area contributed by atoms with E-state index in [-0.39, 0.29) is 10.6 Å². The summed E-state index contributed by atoms with van der Waals surface area (Å²) < 4.78 is 10.8. The molecule has 4 rings (SSSR count). The Morgan fingerprint density at radius 3 is 2.66 bits per heavy atom. The van der Waals surface area contributed by atoms with Gasteiger partial charge in [-0.15, -0.1) is 11.8 Å². The second kappa shape index (κ2) is 9.81. The standard InChI is InChI=1S/C23H18Cl2N2O4S/c1-32-16-8-9-18(25)17(11-16)23(29)31-13-22(28)27-20(21-3-2-10-30-21)12-19(26-27)14-4-6-15(24)7-5-14/h2-11,20H,12-13H2,1H3. The van der Waals surface area contributed by atoms with Gasteiger partial charge in [0.25, 0.3) is 5.91 Å². The molecule has 0 spiro atoms. The third kappa shape index (κ3) is 4.85. The number of ether oxygens (including phenoxy) is 1. The molecule has 3 aromatic rings. The van der Waals surface area contributed by atoms with Crippen molar-refractivity contribution in [2.45, 2.75) is 17.4 Å². The zero-order chi connectivity index (χ0) is 22.7. The molecule has 1 amide bonds. The largest absolute Gasteiger partial charge is 0.467 e. The van der Waals surface area contributed by atoms with E-state index < -0.39 is 24.5 Å². The van der Waals surface area contributed by atoms with E-state index in [1.54, 1.807) is 48.7 Å². The smallest absolute Gasteiger partial charge is 0.340 e. The highest BCUT2D eigenvalue weighted by Crippen LogP contribution is 2.33. The van der Waals surface area contributed by atoms with Gasteiger partial charge in [-0.2, -0.15) is 5.10 Å². The SMILES string of the molecule is CSc1ccc(Cl)c(C(=O)OCC(=O)N2N=C(c3ccc(Cl)cc3)CC2c2ccco2)c1. The number of hydrazone groups is 1. The lowest BCUT2D eigenvalue weighted by molar-refractivity contribution is -0.136. The van der Waals surface area contributed by atoms with Crippen LogP contribution in [-0.2, 0) is 9.53 Å². The minimum absolute atomic E-state index is 0.209. The molecule has 164 valence electrons. The average molecular weight is 489 g/mol. The van der Waals surface area contributed by atoms with Crippen LogP contribution in [-0.4, -0.2) is 35.5 Å². The van der Waals surface area contributed by atoms with Crippen LogP contribution in [0, 0.1) is 0 Å². The summed E-state index contributed by atoms with van der Waals surface area (Å²) in [6, 6.07) is 15.4. The molecule has 0 bridgehead atoms. The number of nitrogens with zero attached hydrogens (tertiary/aromatic N) is 2. The summed E-state index contributed by atoms with van der Waals surface area (Å²) in [6.07, 6.45) is 3.88. The molecule has 2 aromatic carbocycles. The number of esters is 1. The molecule has 0 saturated carbocycles. The Hall–Kier alpha value is -2.74. The van der Waals surface area contributed by atoms with Crippen molar-refractivity contribution in [3.63, 3.8) is 0 Å². The summed E-state index contributed by atoms with van der Waals surface area (Å²) in [4.78, 5) is 26.4. The number of furan rings is 1. The molecule has 0 saturated heterocycles. The second-order valence-electron chi connectivity index (χ2n) is 6.95. The number of halogens is 2. The maximum Gasteiger partial charge on any atom is 0.340 e. The monoisotopic (exact) mass is 488 g/mol. The third-order valence-electron chi connectivity index (χ3n) is 4.94. The zero-order valence-corrected chi connectivity index (χ0v) is 19.3. The fourth-order valence-corrected chi connectivity index (χ4v) is 4.08. The molecule has 2 heterocycles. The summed E-state index contributed by atoms with van der Waals surface area (Å²) >= 11 is 13.6. The lowest BCUT2D eigenvalue weighted by Gasteiger charge is -2.19. The van der Waals surface area contributed by atoms with E-state index in [0.717, 1.165) is 10.5 Å². The van der Waals surface area contributed by atoms with Crippen LogP contribution in [0.25, 0.3) is 0 Å². The lowest BCUT2D eigenvalue weighted by atomic mass is 10.0. The predicted molar refractivity (Wildman–Crippen MR) is 124 cm³/mol. The predicted octanol–water partition coefficient (Wildman–Crippen LogP) is 5.84. The van der Waals surface area contributed by atoms with Crippen LogP contribution >= 0.6 is 35.0 Å². The first kappa shape index (κ1) is 22.5. The number of hydrogen-bond acceptors (Lipinski definition) is 6.